The summed E-state index contributed by atoms with van der Waals surface area (Å²) < 4.78 is 2.12. The average molecular weight is 291 g/mol. The predicted molar refractivity (Wildman–Crippen MR) is 89.8 cm³/mol. The van der Waals surface area contributed by atoms with Crippen LogP contribution in [0.1, 0.15) is 41.4 Å². The average Bonchev–Trinajstić information content (AvgIpc) is 2.98. The molecule has 0 aliphatic heterocycles. The lowest BCUT2D eigenvalue weighted by molar-refractivity contribution is 0.652. The Morgan fingerprint density at radius 3 is 2.73 bits per heavy atom. The standard InChI is InChI=1S/C19H21N3/c1-22-12-6-11-17(22)19(20)18-13-7-2-4-9-15(13)21-16-10-5-3-8-14(16)18/h2,4,6-7,9,11-12,19H,3,5,8,10,20H2,1H3. The van der Waals surface area contributed by atoms with Crippen LogP contribution < -0.4 is 5.73 Å². The minimum Gasteiger partial charge on any atom is -0.353 e. The van der Waals surface area contributed by atoms with Crippen LogP contribution in [0, 0.1) is 0 Å². The van der Waals surface area contributed by atoms with E-state index in [1.807, 2.05) is 0 Å². The van der Waals surface area contributed by atoms with Crippen LogP contribution in [0.2, 0.25) is 0 Å². The van der Waals surface area contributed by atoms with Crippen LogP contribution >= 0.6 is 0 Å². The van der Waals surface area contributed by atoms with E-state index in [0.717, 1.165) is 24.1 Å². The molecule has 1 aliphatic rings. The van der Waals surface area contributed by atoms with Crippen molar-refractivity contribution in [2.75, 3.05) is 0 Å². The summed E-state index contributed by atoms with van der Waals surface area (Å²) in [6.07, 6.45) is 6.70. The summed E-state index contributed by atoms with van der Waals surface area (Å²) in [7, 11) is 2.06. The lowest BCUT2D eigenvalue weighted by Crippen LogP contribution is -2.20. The van der Waals surface area contributed by atoms with Crippen LogP contribution in [0.25, 0.3) is 10.9 Å². The molecule has 4 rings (SSSR count). The van der Waals surface area contributed by atoms with E-state index in [1.165, 1.54) is 35.0 Å². The second kappa shape index (κ2) is 5.25. The summed E-state index contributed by atoms with van der Waals surface area (Å²) in [4.78, 5) is 4.90. The van der Waals surface area contributed by atoms with Crippen LogP contribution in [0.3, 0.4) is 0 Å². The molecule has 112 valence electrons. The maximum atomic E-state index is 6.70. The molecule has 0 saturated carbocycles. The molecule has 1 aliphatic carbocycles. The van der Waals surface area contributed by atoms with E-state index in [0.29, 0.717) is 0 Å². The maximum absolute atomic E-state index is 6.70. The fourth-order valence-corrected chi connectivity index (χ4v) is 3.71. The highest BCUT2D eigenvalue weighted by Crippen LogP contribution is 2.34. The summed E-state index contributed by atoms with van der Waals surface area (Å²) in [5, 5.41) is 1.21. The molecule has 2 N–H and O–H groups in total. The first-order valence-corrected chi connectivity index (χ1v) is 8.03. The Hall–Kier alpha value is -2.13. The number of aryl methyl sites for hydroxylation is 2. The molecular formula is C19H21N3. The maximum Gasteiger partial charge on any atom is 0.0715 e. The van der Waals surface area contributed by atoms with Crippen molar-refractivity contribution in [3.8, 4) is 0 Å². The van der Waals surface area contributed by atoms with Gasteiger partial charge in [0.2, 0.25) is 0 Å². The van der Waals surface area contributed by atoms with E-state index in [4.69, 9.17) is 10.7 Å². The van der Waals surface area contributed by atoms with Crippen LogP contribution in [0.15, 0.2) is 42.6 Å². The Labute approximate surface area is 130 Å². The molecule has 2 heterocycles. The Balaban J connectivity index is 2.00. The van der Waals surface area contributed by atoms with Gasteiger partial charge in [0.1, 0.15) is 0 Å². The van der Waals surface area contributed by atoms with Gasteiger partial charge in [-0.15, -0.1) is 0 Å². The number of hydrogen-bond donors (Lipinski definition) is 1. The minimum absolute atomic E-state index is 0.0975. The largest absolute Gasteiger partial charge is 0.353 e. The van der Waals surface area contributed by atoms with Crippen molar-refractivity contribution in [3.63, 3.8) is 0 Å². The number of aromatic nitrogens is 2. The minimum atomic E-state index is -0.0975. The predicted octanol–water partition coefficient (Wildman–Crippen LogP) is 3.50. The van der Waals surface area contributed by atoms with E-state index in [9.17, 15) is 0 Å². The third kappa shape index (κ3) is 2.04. The highest BCUT2D eigenvalue weighted by Gasteiger charge is 2.23. The van der Waals surface area contributed by atoms with Crippen molar-refractivity contribution in [3.05, 3.63) is 65.1 Å². The summed E-state index contributed by atoms with van der Waals surface area (Å²) >= 11 is 0. The Bertz CT molecular complexity index is 832. The molecule has 0 spiro atoms. The second-order valence-corrected chi connectivity index (χ2v) is 6.20. The molecule has 3 nitrogen and oxygen atoms in total. The lowest BCUT2D eigenvalue weighted by Gasteiger charge is -2.24. The van der Waals surface area contributed by atoms with Gasteiger partial charge in [-0.3, -0.25) is 4.98 Å². The lowest BCUT2D eigenvalue weighted by atomic mass is 9.86. The summed E-state index contributed by atoms with van der Waals surface area (Å²) in [5.74, 6) is 0. The van der Waals surface area contributed by atoms with Gasteiger partial charge < -0.3 is 10.3 Å². The SMILES string of the molecule is Cn1cccc1C(N)c1c2c(nc3ccccc13)CCCC2. The Morgan fingerprint density at radius 2 is 1.91 bits per heavy atom. The fraction of sp³-hybridized carbons (Fsp3) is 0.316. The number of para-hydroxylation sites is 1. The number of nitrogens with zero attached hydrogens (tertiary/aromatic N) is 2. The highest BCUT2D eigenvalue weighted by atomic mass is 15.0. The molecule has 22 heavy (non-hydrogen) atoms. The van der Waals surface area contributed by atoms with Gasteiger partial charge in [0.25, 0.3) is 0 Å². The summed E-state index contributed by atoms with van der Waals surface area (Å²) in [6.45, 7) is 0. The molecule has 1 aromatic carbocycles. The van der Waals surface area contributed by atoms with Crippen molar-refractivity contribution < 1.29 is 0 Å². The zero-order chi connectivity index (χ0) is 15.1. The molecule has 0 bridgehead atoms. The van der Waals surface area contributed by atoms with Gasteiger partial charge in [0.05, 0.1) is 11.6 Å². The number of fused-ring (bicyclic) bond motifs is 2. The van der Waals surface area contributed by atoms with Gasteiger partial charge in [0, 0.05) is 30.0 Å². The van der Waals surface area contributed by atoms with Crippen molar-refractivity contribution in [1.29, 1.82) is 0 Å². The molecule has 1 unspecified atom stereocenters. The van der Waals surface area contributed by atoms with Crippen LogP contribution in [-0.2, 0) is 19.9 Å². The molecule has 0 radical (unpaired) electrons. The third-order valence-electron chi connectivity index (χ3n) is 4.83. The molecule has 2 aromatic heterocycles. The molecule has 1 atom stereocenters. The first-order chi connectivity index (χ1) is 10.8. The first-order valence-electron chi connectivity index (χ1n) is 8.03. The van der Waals surface area contributed by atoms with E-state index < -0.39 is 0 Å². The van der Waals surface area contributed by atoms with E-state index in [-0.39, 0.29) is 6.04 Å². The zero-order valence-corrected chi connectivity index (χ0v) is 12.9. The van der Waals surface area contributed by atoms with Gasteiger partial charge >= 0.3 is 0 Å². The molecule has 3 heteroatoms. The number of rotatable bonds is 2. The van der Waals surface area contributed by atoms with Gasteiger partial charge in [-0.1, -0.05) is 18.2 Å². The van der Waals surface area contributed by atoms with Crippen molar-refractivity contribution in [2.24, 2.45) is 12.8 Å². The molecule has 0 saturated heterocycles. The van der Waals surface area contributed by atoms with Gasteiger partial charge in [-0.25, -0.2) is 0 Å². The van der Waals surface area contributed by atoms with E-state index in [2.05, 4.69) is 54.2 Å². The van der Waals surface area contributed by atoms with Crippen molar-refractivity contribution in [2.45, 2.75) is 31.7 Å². The van der Waals surface area contributed by atoms with Crippen LogP contribution in [0.5, 0.6) is 0 Å². The first kappa shape index (κ1) is 13.5. The molecule has 0 amide bonds. The van der Waals surface area contributed by atoms with Crippen LogP contribution in [-0.4, -0.2) is 9.55 Å². The smallest absolute Gasteiger partial charge is 0.0715 e. The molecule has 0 fully saturated rings. The second-order valence-electron chi connectivity index (χ2n) is 6.20. The fourth-order valence-electron chi connectivity index (χ4n) is 3.71. The quantitative estimate of drug-likeness (QED) is 0.785. The van der Waals surface area contributed by atoms with Crippen molar-refractivity contribution in [1.82, 2.24) is 9.55 Å². The van der Waals surface area contributed by atoms with Crippen molar-refractivity contribution >= 4 is 10.9 Å². The summed E-state index contributed by atoms with van der Waals surface area (Å²) in [5.41, 5.74) is 12.9. The van der Waals surface area contributed by atoms with E-state index >= 15 is 0 Å². The van der Waals surface area contributed by atoms with Gasteiger partial charge in [0.15, 0.2) is 0 Å². The van der Waals surface area contributed by atoms with Gasteiger partial charge in [-0.2, -0.15) is 0 Å². The monoisotopic (exact) mass is 291 g/mol. The number of nitrogens with two attached hydrogens (primary N) is 1. The third-order valence-corrected chi connectivity index (χ3v) is 4.83. The zero-order valence-electron chi connectivity index (χ0n) is 12.9. The normalized spacial score (nSPS) is 15.7. The number of pyridine rings is 1. The van der Waals surface area contributed by atoms with Crippen LogP contribution in [0.4, 0.5) is 0 Å². The summed E-state index contributed by atoms with van der Waals surface area (Å²) in [6, 6.07) is 12.5. The van der Waals surface area contributed by atoms with E-state index in [1.54, 1.807) is 0 Å². The number of hydrogen-bond acceptors (Lipinski definition) is 2. The Kier molecular flexibility index (Phi) is 3.23. The molecular weight excluding hydrogens is 270 g/mol. The Morgan fingerprint density at radius 1 is 1.09 bits per heavy atom. The highest BCUT2D eigenvalue weighted by molar-refractivity contribution is 5.84. The topological polar surface area (TPSA) is 43.8 Å². The molecule has 3 aromatic rings. The van der Waals surface area contributed by atoms with Gasteiger partial charge in [-0.05, 0) is 55.0 Å². The number of benzene rings is 1.